The normalized spacial score (nSPS) is 14.8. The highest BCUT2D eigenvalue weighted by atomic mass is 32.1. The van der Waals surface area contributed by atoms with E-state index in [1.165, 1.54) is 40.3 Å². The lowest BCUT2D eigenvalue weighted by molar-refractivity contribution is 0.568. The molecule has 0 aliphatic carbocycles. The minimum atomic E-state index is -0.525. The monoisotopic (exact) mass is 998 g/mol. The van der Waals surface area contributed by atoms with Gasteiger partial charge in [-0.15, -0.1) is 22.7 Å². The smallest absolute Gasteiger partial charge is 0.0632 e. The van der Waals surface area contributed by atoms with Gasteiger partial charge < -0.3 is 8.80 Å². The van der Waals surface area contributed by atoms with Gasteiger partial charge in [0, 0.05) is 83.4 Å². The first kappa shape index (κ1) is 38.6. The molecule has 2 nitrogen and oxygen atoms in total. The molecule has 0 saturated carbocycles. The fourth-order valence-electron chi connectivity index (χ4n) is 12.2. The van der Waals surface area contributed by atoms with Crippen LogP contribution < -0.4 is 0 Å². The van der Waals surface area contributed by atoms with E-state index in [-0.39, 0.29) is 36.3 Å². The summed E-state index contributed by atoms with van der Waals surface area (Å²) in [5, 5.41) is 13.4. The maximum Gasteiger partial charge on any atom is 0.0632 e. The Kier molecular flexibility index (Phi) is 7.53. The molecule has 15 rings (SSSR count). The molecule has 15 aromatic rings. The van der Waals surface area contributed by atoms with Crippen molar-refractivity contribution in [1.82, 2.24) is 8.80 Å². The van der Waals surface area contributed by atoms with Gasteiger partial charge in [0.1, 0.15) is 0 Å². The summed E-state index contributed by atoms with van der Waals surface area (Å²) in [6.07, 6.45) is 0. The van der Waals surface area contributed by atoms with Crippen molar-refractivity contribution in [1.29, 1.82) is 0 Å². The summed E-state index contributed by atoms with van der Waals surface area (Å²) in [7, 11) is 0. The Morgan fingerprint density at radius 3 is 1.03 bits per heavy atom. The van der Waals surface area contributed by atoms with Crippen LogP contribution in [0.1, 0.15) is 114 Å². The second kappa shape index (κ2) is 14.4. The molecule has 0 saturated heterocycles. The molecule has 4 heteroatoms. The number of rotatable bonds is 2. The van der Waals surface area contributed by atoms with Gasteiger partial charge in [-0.25, -0.2) is 0 Å². The molecule has 362 valence electrons. The fraction of sp³-hybridized carbons (Fsp3) is 0.229. The second-order valence-electron chi connectivity index (χ2n) is 25.3. The number of fused-ring (bicyclic) bond motifs is 20. The molecule has 0 spiro atoms. The van der Waals surface area contributed by atoms with Crippen molar-refractivity contribution < 1.29 is 8.22 Å². The Labute approximate surface area is 448 Å². The summed E-state index contributed by atoms with van der Waals surface area (Å²) in [6, 6.07) is 41.7. The predicted octanol–water partition coefficient (Wildman–Crippen LogP) is 21.2. The lowest BCUT2D eigenvalue weighted by atomic mass is 9.78. The van der Waals surface area contributed by atoms with Gasteiger partial charge in [0.15, 0.2) is 0 Å². The van der Waals surface area contributed by atoms with Crippen LogP contribution in [-0.4, -0.2) is 8.80 Å². The summed E-state index contributed by atoms with van der Waals surface area (Å²) in [5.74, 6) is 0. The molecule has 6 heterocycles. The van der Waals surface area contributed by atoms with Gasteiger partial charge in [-0.2, -0.15) is 0 Å². The van der Waals surface area contributed by atoms with Gasteiger partial charge in [0.05, 0.1) is 41.3 Å². The van der Waals surface area contributed by atoms with E-state index in [0.29, 0.717) is 33.4 Å². The van der Waals surface area contributed by atoms with Crippen molar-refractivity contribution in [3.8, 4) is 22.3 Å². The van der Waals surface area contributed by atoms with E-state index < -0.39 is 21.7 Å². The first-order chi connectivity index (χ1) is 37.8. The minimum Gasteiger partial charge on any atom is -0.308 e. The summed E-state index contributed by atoms with van der Waals surface area (Å²) >= 11 is 3.61. The minimum absolute atomic E-state index is 0.238. The molecule has 0 unspecified atom stereocenters. The average Bonchev–Trinajstić information content (AvgIpc) is 2.62. The van der Waals surface area contributed by atoms with Crippen LogP contribution in [0.3, 0.4) is 0 Å². The van der Waals surface area contributed by atoms with Crippen LogP contribution >= 0.6 is 22.7 Å². The molecule has 0 atom stereocenters. The molecule has 74 heavy (non-hydrogen) atoms. The van der Waals surface area contributed by atoms with Crippen LogP contribution in [0.2, 0.25) is 0 Å². The van der Waals surface area contributed by atoms with Gasteiger partial charge in [-0.1, -0.05) is 156 Å². The van der Waals surface area contributed by atoms with Crippen molar-refractivity contribution in [3.05, 3.63) is 168 Å². The van der Waals surface area contributed by atoms with Crippen LogP contribution in [-0.2, 0) is 21.7 Å². The van der Waals surface area contributed by atoms with E-state index in [4.69, 9.17) is 0 Å². The van der Waals surface area contributed by atoms with Crippen molar-refractivity contribution in [2.45, 2.75) is 105 Å². The summed E-state index contributed by atoms with van der Waals surface area (Å²) < 4.78 is 69.3. The second-order valence-corrected chi connectivity index (χ2v) is 27.4. The van der Waals surface area contributed by atoms with Crippen molar-refractivity contribution in [2.24, 2.45) is 0 Å². The topological polar surface area (TPSA) is 8.82 Å². The number of benzene rings is 9. The molecular weight excluding hydrogens is 933 g/mol. The molecule has 0 aliphatic heterocycles. The SMILES string of the molecule is [2H]c1c(-c2cc3c4cc5c(cc4n4c6ccc7sc8ccccc8c7c6c(c2)c34)c2cc(-c3c([2H])c(C(C)(C)C)c([2H])c(C(C)(C)C)c3[2H])cc3c4c6c(ccc4n5c23)sc2ccccc26)c([2H])c(C(C)(C)C)c([2H])c1C(C)(C)C. The largest absolute Gasteiger partial charge is 0.308 e. The predicted molar refractivity (Wildman–Crippen MR) is 327 cm³/mol. The Morgan fingerprint density at radius 1 is 0.311 bits per heavy atom. The fourth-order valence-corrected chi connectivity index (χ4v) is 14.4. The highest BCUT2D eigenvalue weighted by Crippen LogP contribution is 2.52. The third kappa shape index (κ3) is 6.10. The summed E-state index contributed by atoms with van der Waals surface area (Å²) in [4.78, 5) is 0. The maximum absolute atomic E-state index is 10.1. The van der Waals surface area contributed by atoms with E-state index in [9.17, 15) is 8.22 Å². The van der Waals surface area contributed by atoms with E-state index >= 15 is 0 Å². The van der Waals surface area contributed by atoms with E-state index in [0.717, 1.165) is 87.3 Å². The van der Waals surface area contributed by atoms with Gasteiger partial charge >= 0.3 is 0 Å². The van der Waals surface area contributed by atoms with Crippen LogP contribution in [0, 0.1) is 0 Å². The molecule has 0 radical (unpaired) electrons. The van der Waals surface area contributed by atoms with E-state index in [1.54, 1.807) is 22.7 Å². The molecule has 0 amide bonds. The third-order valence-corrected chi connectivity index (χ3v) is 18.3. The molecule has 0 bridgehead atoms. The lowest BCUT2D eigenvalue weighted by Crippen LogP contribution is -2.16. The number of thiophene rings is 2. The average molecular weight is 999 g/mol. The molecule has 9 aromatic carbocycles. The standard InChI is InChI=1S/C70H60N2S2/c1-67(2,3)41-25-37(26-42(33-41)68(4,5)6)39-29-49-47-35-56-48(36-55(47)71-53-21-23-59-63(61(53)51(31-39)65(49)71)45-17-13-15-19-57(45)73-59)50-30-40(38-27-43(69(7,8)9)34-44(28-38)70(10,11)12)32-52-62-54(72(56)66(50)52)22-24-60-64(62)46-18-14-16-20-58(46)74-60/h13-36H,1-12H3/i25D,26D,27D,28D,33D,34D. The number of hydrogen-bond acceptors (Lipinski definition) is 2. The molecule has 0 N–H and O–H groups in total. The Morgan fingerprint density at radius 2 is 0.662 bits per heavy atom. The molecule has 0 aliphatic rings. The highest BCUT2D eigenvalue weighted by Gasteiger charge is 2.29. The van der Waals surface area contributed by atoms with Crippen molar-refractivity contribution in [2.75, 3.05) is 0 Å². The van der Waals surface area contributed by atoms with Gasteiger partial charge in [0.2, 0.25) is 0 Å². The zero-order valence-electron chi connectivity index (χ0n) is 50.1. The van der Waals surface area contributed by atoms with Gasteiger partial charge in [-0.3, -0.25) is 0 Å². The van der Waals surface area contributed by atoms with Gasteiger partial charge in [0.25, 0.3) is 0 Å². The first-order valence-corrected chi connectivity index (χ1v) is 27.7. The zero-order chi connectivity index (χ0) is 56.1. The van der Waals surface area contributed by atoms with Crippen molar-refractivity contribution >= 4 is 139 Å². The van der Waals surface area contributed by atoms with Gasteiger partial charge in [-0.05, 0) is 139 Å². The molecular formula is C70H60N2S2. The summed E-state index contributed by atoms with van der Waals surface area (Å²) in [6.45, 7) is 24.9. The number of hydrogen-bond donors (Lipinski definition) is 0. The van der Waals surface area contributed by atoms with Crippen LogP contribution in [0.4, 0.5) is 0 Å². The number of aromatic nitrogens is 2. The molecule has 6 aromatic heterocycles. The van der Waals surface area contributed by atoms with Crippen LogP contribution in [0.5, 0.6) is 0 Å². The van der Waals surface area contributed by atoms with Crippen LogP contribution in [0.25, 0.3) is 139 Å². The zero-order valence-corrected chi connectivity index (χ0v) is 45.7. The lowest BCUT2D eigenvalue weighted by Gasteiger charge is -2.26. The first-order valence-electron chi connectivity index (χ1n) is 29.1. The van der Waals surface area contributed by atoms with Crippen LogP contribution in [0.15, 0.2) is 145 Å². The Bertz CT molecular complexity index is 4880. The Balaban J connectivity index is 1.16. The summed E-state index contributed by atoms with van der Waals surface area (Å²) in [5.41, 5.74) is 9.68. The van der Waals surface area contributed by atoms with E-state index in [1.807, 2.05) is 0 Å². The third-order valence-electron chi connectivity index (χ3n) is 16.0. The van der Waals surface area contributed by atoms with E-state index in [2.05, 4.69) is 201 Å². The number of nitrogens with zero attached hydrogens (tertiary/aromatic N) is 2. The molecule has 0 fully saturated rings. The quantitative estimate of drug-likeness (QED) is 0.163. The van der Waals surface area contributed by atoms with Crippen molar-refractivity contribution in [3.63, 3.8) is 0 Å². The Hall–Kier alpha value is -6.98. The maximum atomic E-state index is 10.1. The highest BCUT2D eigenvalue weighted by molar-refractivity contribution is 7.26.